The minimum atomic E-state index is 0.568. The second-order valence-electron chi connectivity index (χ2n) is 2.41. The number of carbonyl (C=O) groups excluding carboxylic acids is 1. The van der Waals surface area contributed by atoms with E-state index in [0.717, 1.165) is 21.8 Å². The highest BCUT2D eigenvalue weighted by molar-refractivity contribution is 9.10. The van der Waals surface area contributed by atoms with Crippen molar-refractivity contribution in [1.82, 2.24) is 9.97 Å². The van der Waals surface area contributed by atoms with Gasteiger partial charge in [-0.25, -0.2) is 4.98 Å². The van der Waals surface area contributed by atoms with Gasteiger partial charge in [0.2, 0.25) is 0 Å². The lowest BCUT2D eigenvalue weighted by Crippen LogP contribution is -1.75. The molecule has 0 aliphatic heterocycles. The van der Waals surface area contributed by atoms with Crippen LogP contribution in [0.2, 0.25) is 0 Å². The Morgan fingerprint density at radius 3 is 3.08 bits per heavy atom. The molecule has 2 aromatic heterocycles. The molecule has 0 amide bonds. The van der Waals surface area contributed by atoms with E-state index in [4.69, 9.17) is 0 Å². The average Bonchev–Trinajstić information content (AvgIpc) is 2.49. The standard InChI is InChI=1S/C8H5BrN2O/c9-8-6-3-5(4-12)11-7(6)1-2-10-8/h1-4,11H. The Morgan fingerprint density at radius 1 is 1.58 bits per heavy atom. The number of hydrogen-bond donors (Lipinski definition) is 1. The highest BCUT2D eigenvalue weighted by Crippen LogP contribution is 2.21. The van der Waals surface area contributed by atoms with Crippen LogP contribution in [0.15, 0.2) is 22.9 Å². The Bertz CT molecular complexity index is 436. The van der Waals surface area contributed by atoms with Gasteiger partial charge in [-0.15, -0.1) is 0 Å². The number of aromatic nitrogens is 2. The first-order valence-electron chi connectivity index (χ1n) is 3.39. The van der Waals surface area contributed by atoms with Crippen LogP contribution in [0.1, 0.15) is 10.5 Å². The molecule has 0 bridgehead atoms. The van der Waals surface area contributed by atoms with Crippen molar-refractivity contribution in [1.29, 1.82) is 0 Å². The fraction of sp³-hybridized carbons (Fsp3) is 0. The van der Waals surface area contributed by atoms with Crippen molar-refractivity contribution < 1.29 is 4.79 Å². The molecule has 0 saturated carbocycles. The van der Waals surface area contributed by atoms with E-state index in [0.29, 0.717) is 5.69 Å². The second-order valence-corrected chi connectivity index (χ2v) is 3.16. The molecular formula is C8H5BrN2O. The van der Waals surface area contributed by atoms with Crippen molar-refractivity contribution in [2.75, 3.05) is 0 Å². The summed E-state index contributed by atoms with van der Waals surface area (Å²) < 4.78 is 0.754. The normalized spacial score (nSPS) is 10.4. The number of fused-ring (bicyclic) bond motifs is 1. The lowest BCUT2D eigenvalue weighted by Gasteiger charge is -1.89. The van der Waals surface area contributed by atoms with E-state index in [2.05, 4.69) is 25.9 Å². The van der Waals surface area contributed by atoms with Crippen LogP contribution in [0.4, 0.5) is 0 Å². The summed E-state index contributed by atoms with van der Waals surface area (Å²) in [6.07, 6.45) is 2.46. The fourth-order valence-electron chi connectivity index (χ4n) is 1.10. The number of hydrogen-bond acceptors (Lipinski definition) is 2. The number of pyridine rings is 1. The Kier molecular flexibility index (Phi) is 1.69. The number of carbonyl (C=O) groups is 1. The van der Waals surface area contributed by atoms with Gasteiger partial charge in [-0.2, -0.15) is 0 Å². The smallest absolute Gasteiger partial charge is 0.166 e. The molecule has 0 aromatic carbocycles. The molecule has 0 atom stereocenters. The number of halogens is 1. The van der Waals surface area contributed by atoms with Gasteiger partial charge in [-0.05, 0) is 28.1 Å². The molecule has 0 spiro atoms. The van der Waals surface area contributed by atoms with Crippen LogP contribution in [0.25, 0.3) is 10.9 Å². The van der Waals surface area contributed by atoms with Crippen LogP contribution in [-0.4, -0.2) is 16.3 Å². The van der Waals surface area contributed by atoms with Gasteiger partial charge in [0.15, 0.2) is 6.29 Å². The van der Waals surface area contributed by atoms with Gasteiger partial charge in [0.05, 0.1) is 11.2 Å². The van der Waals surface area contributed by atoms with Gasteiger partial charge in [0.1, 0.15) is 4.60 Å². The molecule has 0 saturated heterocycles. The summed E-state index contributed by atoms with van der Waals surface area (Å²) in [5.41, 5.74) is 1.48. The Hall–Kier alpha value is -1.16. The number of aldehydes is 1. The number of aromatic amines is 1. The summed E-state index contributed by atoms with van der Waals surface area (Å²) in [5, 5.41) is 0.930. The molecule has 1 N–H and O–H groups in total. The lowest BCUT2D eigenvalue weighted by atomic mass is 10.3. The van der Waals surface area contributed by atoms with Gasteiger partial charge >= 0.3 is 0 Å². The predicted octanol–water partition coefficient (Wildman–Crippen LogP) is 2.14. The third-order valence-electron chi connectivity index (χ3n) is 1.65. The maximum absolute atomic E-state index is 10.4. The van der Waals surface area contributed by atoms with Crippen molar-refractivity contribution in [3.05, 3.63) is 28.6 Å². The molecule has 0 aliphatic carbocycles. The molecule has 2 heterocycles. The summed E-state index contributed by atoms with van der Waals surface area (Å²) in [6.45, 7) is 0. The minimum absolute atomic E-state index is 0.568. The zero-order valence-electron chi connectivity index (χ0n) is 6.04. The number of nitrogens with zero attached hydrogens (tertiary/aromatic N) is 1. The summed E-state index contributed by atoms with van der Waals surface area (Å²) in [7, 11) is 0. The van der Waals surface area contributed by atoms with Gasteiger partial charge < -0.3 is 4.98 Å². The molecule has 3 nitrogen and oxygen atoms in total. The summed E-state index contributed by atoms with van der Waals surface area (Å²) in [4.78, 5) is 17.4. The van der Waals surface area contributed by atoms with Gasteiger partial charge in [0.25, 0.3) is 0 Å². The fourth-order valence-corrected chi connectivity index (χ4v) is 1.55. The van der Waals surface area contributed by atoms with E-state index in [9.17, 15) is 4.79 Å². The molecule has 2 rings (SSSR count). The average molecular weight is 225 g/mol. The highest BCUT2D eigenvalue weighted by Gasteiger charge is 2.02. The Morgan fingerprint density at radius 2 is 2.42 bits per heavy atom. The van der Waals surface area contributed by atoms with Crippen LogP contribution < -0.4 is 0 Å². The van der Waals surface area contributed by atoms with Crippen molar-refractivity contribution >= 4 is 33.1 Å². The molecule has 12 heavy (non-hydrogen) atoms. The molecule has 60 valence electrons. The van der Waals surface area contributed by atoms with Gasteiger partial charge in [-0.3, -0.25) is 4.79 Å². The molecule has 0 aliphatic rings. The number of H-pyrrole nitrogens is 1. The summed E-state index contributed by atoms with van der Waals surface area (Å²) >= 11 is 3.29. The molecule has 0 radical (unpaired) electrons. The van der Waals surface area contributed by atoms with E-state index in [1.54, 1.807) is 12.3 Å². The van der Waals surface area contributed by atoms with Crippen LogP contribution in [-0.2, 0) is 0 Å². The Labute approximate surface area is 76.9 Å². The number of nitrogens with one attached hydrogen (secondary N) is 1. The molecule has 0 unspecified atom stereocenters. The van der Waals surface area contributed by atoms with Crippen molar-refractivity contribution in [3.8, 4) is 0 Å². The van der Waals surface area contributed by atoms with Crippen LogP contribution in [0.3, 0.4) is 0 Å². The first kappa shape index (κ1) is 7.49. The van der Waals surface area contributed by atoms with Crippen molar-refractivity contribution in [3.63, 3.8) is 0 Å². The summed E-state index contributed by atoms with van der Waals surface area (Å²) in [5.74, 6) is 0. The lowest BCUT2D eigenvalue weighted by molar-refractivity contribution is 0.112. The van der Waals surface area contributed by atoms with Crippen molar-refractivity contribution in [2.24, 2.45) is 0 Å². The third-order valence-corrected chi connectivity index (χ3v) is 2.28. The van der Waals surface area contributed by atoms with Crippen LogP contribution in [0.5, 0.6) is 0 Å². The van der Waals surface area contributed by atoms with E-state index in [-0.39, 0.29) is 0 Å². The van der Waals surface area contributed by atoms with Crippen LogP contribution in [0, 0.1) is 0 Å². The predicted molar refractivity (Wildman–Crippen MR) is 49.2 cm³/mol. The van der Waals surface area contributed by atoms with E-state index >= 15 is 0 Å². The maximum Gasteiger partial charge on any atom is 0.166 e. The Balaban J connectivity index is 2.82. The van der Waals surface area contributed by atoms with Gasteiger partial charge in [-0.1, -0.05) is 0 Å². The second kappa shape index (κ2) is 2.71. The number of rotatable bonds is 1. The highest BCUT2D eigenvalue weighted by atomic mass is 79.9. The SMILES string of the molecule is O=Cc1cc2c(Br)nccc2[nH]1. The van der Waals surface area contributed by atoms with Crippen molar-refractivity contribution in [2.45, 2.75) is 0 Å². The largest absolute Gasteiger partial charge is 0.352 e. The quantitative estimate of drug-likeness (QED) is 0.596. The van der Waals surface area contributed by atoms with E-state index < -0.39 is 0 Å². The maximum atomic E-state index is 10.4. The molecule has 4 heteroatoms. The minimum Gasteiger partial charge on any atom is -0.352 e. The first-order valence-corrected chi connectivity index (χ1v) is 4.19. The summed E-state index contributed by atoms with van der Waals surface area (Å²) in [6, 6.07) is 3.59. The third kappa shape index (κ3) is 1.04. The molecule has 2 aromatic rings. The van der Waals surface area contributed by atoms with Gasteiger partial charge in [0, 0.05) is 11.6 Å². The zero-order chi connectivity index (χ0) is 8.55. The van der Waals surface area contributed by atoms with E-state index in [1.807, 2.05) is 6.07 Å². The monoisotopic (exact) mass is 224 g/mol. The van der Waals surface area contributed by atoms with E-state index in [1.165, 1.54) is 0 Å². The molecule has 0 fully saturated rings. The zero-order valence-corrected chi connectivity index (χ0v) is 7.63. The topological polar surface area (TPSA) is 45.8 Å². The first-order chi connectivity index (χ1) is 5.81. The molecular weight excluding hydrogens is 220 g/mol. The van der Waals surface area contributed by atoms with Crippen LogP contribution >= 0.6 is 15.9 Å².